The molecule has 0 aromatic carbocycles. The van der Waals surface area contributed by atoms with Gasteiger partial charge in [0.05, 0.1) is 18.6 Å². The Morgan fingerprint density at radius 1 is 1.47 bits per heavy atom. The van der Waals surface area contributed by atoms with Crippen LogP contribution in [-0.4, -0.2) is 31.3 Å². The van der Waals surface area contributed by atoms with Crippen molar-refractivity contribution in [2.45, 2.75) is 37.3 Å². The van der Waals surface area contributed by atoms with E-state index in [1.807, 2.05) is 0 Å². The average Bonchev–Trinajstić information content (AvgIpc) is 2.13. The lowest BCUT2D eigenvalue weighted by molar-refractivity contribution is -0.182. The van der Waals surface area contributed by atoms with Crippen molar-refractivity contribution < 1.29 is 14.3 Å². The van der Waals surface area contributed by atoms with E-state index in [0.717, 1.165) is 32.3 Å². The monoisotopic (exact) mass is 235 g/mol. The Kier molecular flexibility index (Phi) is 3.98. The molecule has 15 heavy (non-hydrogen) atoms. The lowest BCUT2D eigenvalue weighted by Gasteiger charge is -2.49. The van der Waals surface area contributed by atoms with Crippen LogP contribution in [0.25, 0.3) is 0 Å². The van der Waals surface area contributed by atoms with Crippen LogP contribution >= 0.6 is 12.4 Å². The highest BCUT2D eigenvalue weighted by molar-refractivity contribution is 5.85. The standard InChI is InChI=1S/C10H17NO3.ClH/c1-13-9(12)7-4-10(5-7)6-8(11)2-3-14-10;/h7-8H,2-6,11H2,1H3;1H. The molecule has 1 unspecified atom stereocenters. The Bertz CT molecular complexity index is 241. The molecule has 0 aromatic rings. The van der Waals surface area contributed by atoms with Crippen molar-refractivity contribution in [3.8, 4) is 0 Å². The molecule has 1 saturated heterocycles. The summed E-state index contributed by atoms with van der Waals surface area (Å²) in [5.41, 5.74) is 5.78. The van der Waals surface area contributed by atoms with Crippen LogP contribution in [0, 0.1) is 5.92 Å². The quantitative estimate of drug-likeness (QED) is 0.685. The van der Waals surface area contributed by atoms with E-state index in [1.54, 1.807) is 0 Å². The Morgan fingerprint density at radius 2 is 2.13 bits per heavy atom. The van der Waals surface area contributed by atoms with Gasteiger partial charge in [0.25, 0.3) is 0 Å². The first kappa shape index (κ1) is 12.7. The van der Waals surface area contributed by atoms with Crippen LogP contribution in [0.15, 0.2) is 0 Å². The predicted molar refractivity (Wildman–Crippen MR) is 57.9 cm³/mol. The molecule has 1 heterocycles. The summed E-state index contributed by atoms with van der Waals surface area (Å²) in [6, 6.07) is 0.238. The van der Waals surface area contributed by atoms with E-state index in [1.165, 1.54) is 7.11 Å². The number of rotatable bonds is 1. The second-order valence-electron chi connectivity index (χ2n) is 4.41. The minimum atomic E-state index is -0.113. The van der Waals surface area contributed by atoms with Crippen molar-refractivity contribution in [1.29, 1.82) is 0 Å². The molecule has 2 fully saturated rings. The zero-order valence-corrected chi connectivity index (χ0v) is 9.72. The van der Waals surface area contributed by atoms with Crippen LogP contribution < -0.4 is 5.73 Å². The normalized spacial score (nSPS) is 39.1. The van der Waals surface area contributed by atoms with E-state index in [4.69, 9.17) is 10.5 Å². The molecule has 0 bridgehead atoms. The average molecular weight is 236 g/mol. The minimum Gasteiger partial charge on any atom is -0.469 e. The molecule has 0 aromatic heterocycles. The molecule has 1 spiro atoms. The first-order valence-electron chi connectivity index (χ1n) is 5.12. The molecule has 0 radical (unpaired) electrons. The van der Waals surface area contributed by atoms with Gasteiger partial charge in [-0.3, -0.25) is 4.79 Å². The van der Waals surface area contributed by atoms with Gasteiger partial charge in [-0.1, -0.05) is 0 Å². The number of carbonyl (C=O) groups excluding carboxylic acids is 1. The Labute approximate surface area is 95.9 Å². The zero-order valence-electron chi connectivity index (χ0n) is 8.90. The highest BCUT2D eigenvalue weighted by atomic mass is 35.5. The molecular formula is C10H18ClNO3. The van der Waals surface area contributed by atoms with Crippen LogP contribution in [0.1, 0.15) is 25.7 Å². The molecular weight excluding hydrogens is 218 g/mol. The van der Waals surface area contributed by atoms with E-state index in [2.05, 4.69) is 4.74 Å². The third kappa shape index (κ3) is 2.44. The fourth-order valence-corrected chi connectivity index (χ4v) is 2.52. The van der Waals surface area contributed by atoms with Gasteiger partial charge in [-0.15, -0.1) is 12.4 Å². The molecule has 1 atom stereocenters. The molecule has 1 aliphatic carbocycles. The lowest BCUT2D eigenvalue weighted by atomic mass is 9.67. The molecule has 88 valence electrons. The van der Waals surface area contributed by atoms with Gasteiger partial charge >= 0.3 is 5.97 Å². The third-order valence-electron chi connectivity index (χ3n) is 3.30. The molecule has 4 nitrogen and oxygen atoms in total. The number of hydrogen-bond donors (Lipinski definition) is 1. The van der Waals surface area contributed by atoms with E-state index >= 15 is 0 Å². The SMILES string of the molecule is COC(=O)C1CC2(CC(N)CCO2)C1.Cl. The lowest BCUT2D eigenvalue weighted by Crippen LogP contribution is -2.55. The summed E-state index contributed by atoms with van der Waals surface area (Å²) in [5, 5.41) is 0. The second-order valence-corrected chi connectivity index (χ2v) is 4.41. The molecule has 1 saturated carbocycles. The van der Waals surface area contributed by atoms with Gasteiger partial charge < -0.3 is 15.2 Å². The Morgan fingerprint density at radius 3 is 2.67 bits per heavy atom. The zero-order chi connectivity index (χ0) is 10.2. The topological polar surface area (TPSA) is 61.5 Å². The number of hydrogen-bond acceptors (Lipinski definition) is 4. The molecule has 2 aliphatic rings. The van der Waals surface area contributed by atoms with Crippen LogP contribution in [0.5, 0.6) is 0 Å². The fraction of sp³-hybridized carbons (Fsp3) is 0.900. The number of carbonyl (C=O) groups is 1. The minimum absolute atomic E-state index is 0. The first-order valence-corrected chi connectivity index (χ1v) is 5.12. The van der Waals surface area contributed by atoms with E-state index < -0.39 is 0 Å². The predicted octanol–water partition coefficient (Wildman–Crippen LogP) is 0.868. The molecule has 5 heteroatoms. The Hall–Kier alpha value is -0.320. The third-order valence-corrected chi connectivity index (χ3v) is 3.30. The molecule has 1 aliphatic heterocycles. The van der Waals surface area contributed by atoms with Gasteiger partial charge in [0, 0.05) is 12.6 Å². The summed E-state index contributed by atoms with van der Waals surface area (Å²) in [7, 11) is 1.43. The number of halogens is 1. The first-order chi connectivity index (χ1) is 6.65. The molecule has 0 amide bonds. The maximum absolute atomic E-state index is 11.2. The maximum Gasteiger partial charge on any atom is 0.308 e. The number of ether oxygens (including phenoxy) is 2. The smallest absolute Gasteiger partial charge is 0.308 e. The van der Waals surface area contributed by atoms with Crippen LogP contribution in [-0.2, 0) is 14.3 Å². The van der Waals surface area contributed by atoms with E-state index in [9.17, 15) is 4.79 Å². The number of nitrogens with two attached hydrogens (primary N) is 1. The largest absolute Gasteiger partial charge is 0.469 e. The van der Waals surface area contributed by atoms with Gasteiger partial charge in [-0.05, 0) is 25.7 Å². The second kappa shape index (κ2) is 4.68. The van der Waals surface area contributed by atoms with Crippen molar-refractivity contribution in [3.05, 3.63) is 0 Å². The number of methoxy groups -OCH3 is 1. The highest BCUT2D eigenvalue weighted by Crippen LogP contribution is 2.46. The van der Waals surface area contributed by atoms with Crippen molar-refractivity contribution in [2.24, 2.45) is 11.7 Å². The van der Waals surface area contributed by atoms with Gasteiger partial charge in [-0.2, -0.15) is 0 Å². The summed E-state index contributed by atoms with van der Waals surface area (Å²) in [4.78, 5) is 11.2. The van der Waals surface area contributed by atoms with Crippen LogP contribution in [0.4, 0.5) is 0 Å². The summed E-state index contributed by atoms with van der Waals surface area (Å²) in [5.74, 6) is -0.0799. The van der Waals surface area contributed by atoms with Crippen molar-refractivity contribution >= 4 is 18.4 Å². The van der Waals surface area contributed by atoms with Gasteiger partial charge in [0.15, 0.2) is 0 Å². The summed E-state index contributed by atoms with van der Waals surface area (Å²) in [6.07, 6.45) is 3.39. The Balaban J connectivity index is 0.00000112. The molecule has 2 N–H and O–H groups in total. The van der Waals surface area contributed by atoms with Gasteiger partial charge in [-0.25, -0.2) is 0 Å². The highest BCUT2D eigenvalue weighted by Gasteiger charge is 2.50. The number of esters is 1. The summed E-state index contributed by atoms with van der Waals surface area (Å²) >= 11 is 0. The van der Waals surface area contributed by atoms with Crippen molar-refractivity contribution in [2.75, 3.05) is 13.7 Å². The van der Waals surface area contributed by atoms with Crippen LogP contribution in [0.3, 0.4) is 0 Å². The fourth-order valence-electron chi connectivity index (χ4n) is 2.52. The summed E-state index contributed by atoms with van der Waals surface area (Å²) in [6.45, 7) is 0.731. The van der Waals surface area contributed by atoms with E-state index in [0.29, 0.717) is 0 Å². The maximum atomic E-state index is 11.2. The van der Waals surface area contributed by atoms with Crippen molar-refractivity contribution in [3.63, 3.8) is 0 Å². The van der Waals surface area contributed by atoms with Crippen molar-refractivity contribution in [1.82, 2.24) is 0 Å². The van der Waals surface area contributed by atoms with Crippen LogP contribution in [0.2, 0.25) is 0 Å². The van der Waals surface area contributed by atoms with Gasteiger partial charge in [0.1, 0.15) is 0 Å². The van der Waals surface area contributed by atoms with E-state index in [-0.39, 0.29) is 35.9 Å². The van der Waals surface area contributed by atoms with Gasteiger partial charge in [0.2, 0.25) is 0 Å². The summed E-state index contributed by atoms with van der Waals surface area (Å²) < 4.78 is 10.4. The molecule has 2 rings (SSSR count).